The summed E-state index contributed by atoms with van der Waals surface area (Å²) in [5, 5.41) is 21.2. The number of aliphatic hydroxyl groups is 1. The van der Waals surface area contributed by atoms with Crippen LogP contribution in [0, 0.1) is 33.1 Å². The van der Waals surface area contributed by atoms with Crippen LogP contribution in [-0.4, -0.2) is 91.7 Å². The van der Waals surface area contributed by atoms with Crippen molar-refractivity contribution in [3.8, 4) is 0 Å². The van der Waals surface area contributed by atoms with Gasteiger partial charge in [0, 0.05) is 44.6 Å². The van der Waals surface area contributed by atoms with Gasteiger partial charge in [0.25, 0.3) is 0 Å². The van der Waals surface area contributed by atoms with Crippen molar-refractivity contribution in [1.82, 2.24) is 5.32 Å². The van der Waals surface area contributed by atoms with Crippen LogP contribution in [0.2, 0.25) is 0 Å². The van der Waals surface area contributed by atoms with Crippen LogP contribution in [-0.2, 0) is 23.7 Å². The molecule has 5 rings (SSSR count). The molecule has 2 aromatic rings. The van der Waals surface area contributed by atoms with E-state index in [1.54, 1.807) is 26.4 Å². The summed E-state index contributed by atoms with van der Waals surface area (Å²) in [7, 11) is 5.98. The predicted octanol–water partition coefficient (Wildman–Crippen LogP) is 3.81. The van der Waals surface area contributed by atoms with Crippen molar-refractivity contribution in [3.63, 3.8) is 0 Å². The first kappa shape index (κ1) is 37.8. The molecule has 0 bridgehead atoms. The van der Waals surface area contributed by atoms with Gasteiger partial charge in [0.2, 0.25) is 0 Å². The quantitative estimate of drug-likeness (QED) is 0.148. The molecule has 0 amide bonds. The number of carbonyl (C=O) groups is 3. The van der Waals surface area contributed by atoms with Crippen LogP contribution in [0.15, 0.2) is 29.3 Å². The van der Waals surface area contributed by atoms with Gasteiger partial charge in [-0.15, -0.1) is 0 Å². The zero-order chi connectivity index (χ0) is 35.2. The number of amidine groups is 2. The number of methoxy groups -OCH3 is 4. The van der Waals surface area contributed by atoms with Crippen molar-refractivity contribution in [1.29, 1.82) is 5.41 Å². The SMILES string of the molecule is COC(=O)c1cc(C(=N)N)c(C)cc1C.COC(=O)c1cc(C2=NC3CC(OC)CC3(O)N2)c(C)cc1C.COC1CC(=O)C(Br)C1. The maximum Gasteiger partial charge on any atom is 0.338 e. The number of halogens is 1. The number of rotatable bonds is 6. The third-order valence-electron chi connectivity index (χ3n) is 8.61. The van der Waals surface area contributed by atoms with Gasteiger partial charge in [-0.3, -0.25) is 15.2 Å². The third kappa shape index (κ3) is 8.83. The maximum atomic E-state index is 11.9. The van der Waals surface area contributed by atoms with Gasteiger partial charge in [-0.05, 0) is 68.5 Å². The molecule has 2 fully saturated rings. The Bertz CT molecular complexity index is 1560. The molecule has 1 heterocycles. The number of alkyl halides is 1. The lowest BCUT2D eigenvalue weighted by Gasteiger charge is -2.23. The average molecular weight is 718 g/mol. The summed E-state index contributed by atoms with van der Waals surface area (Å²) in [5.74, 6) is 0.0601. The van der Waals surface area contributed by atoms with E-state index in [1.807, 2.05) is 39.8 Å². The van der Waals surface area contributed by atoms with Crippen LogP contribution in [0.1, 0.15) is 79.8 Å². The van der Waals surface area contributed by atoms with E-state index in [0.29, 0.717) is 41.8 Å². The van der Waals surface area contributed by atoms with E-state index in [-0.39, 0.29) is 40.7 Å². The maximum absolute atomic E-state index is 11.9. The van der Waals surface area contributed by atoms with Gasteiger partial charge in [0.15, 0.2) is 5.72 Å². The van der Waals surface area contributed by atoms with Gasteiger partial charge in [0.1, 0.15) is 23.5 Å². The summed E-state index contributed by atoms with van der Waals surface area (Å²) >= 11 is 3.26. The summed E-state index contributed by atoms with van der Waals surface area (Å²) in [6.07, 6.45) is 2.74. The Labute approximate surface area is 284 Å². The molecule has 2 aromatic carbocycles. The first-order chi connectivity index (χ1) is 22.1. The zero-order valence-corrected chi connectivity index (χ0v) is 29.7. The minimum atomic E-state index is -1.07. The molecule has 3 aliphatic rings. The first-order valence-corrected chi connectivity index (χ1v) is 16.0. The van der Waals surface area contributed by atoms with Crippen molar-refractivity contribution in [2.24, 2.45) is 10.7 Å². The number of esters is 2. The van der Waals surface area contributed by atoms with Crippen LogP contribution in [0.25, 0.3) is 0 Å². The number of hydrogen-bond acceptors (Lipinski definition) is 11. The molecule has 13 heteroatoms. The van der Waals surface area contributed by atoms with E-state index in [9.17, 15) is 19.5 Å². The summed E-state index contributed by atoms with van der Waals surface area (Å²) < 4.78 is 19.8. The lowest BCUT2D eigenvalue weighted by molar-refractivity contribution is -0.117. The number of aliphatic imine (C=N–C) groups is 1. The second-order valence-corrected chi connectivity index (χ2v) is 13.0. The van der Waals surface area contributed by atoms with Crippen molar-refractivity contribution in [3.05, 3.63) is 68.8 Å². The number of fused-ring (bicyclic) bond motifs is 1. The first-order valence-electron chi connectivity index (χ1n) is 15.1. The predicted molar refractivity (Wildman–Crippen MR) is 182 cm³/mol. The number of Topliss-reactive ketones (excluding diaryl/α,β-unsaturated/α-hetero) is 1. The van der Waals surface area contributed by atoms with Crippen LogP contribution in [0.3, 0.4) is 0 Å². The Morgan fingerprint density at radius 1 is 0.894 bits per heavy atom. The fraction of sp³-hybridized carbons (Fsp3) is 0.500. The van der Waals surface area contributed by atoms with Gasteiger partial charge in [-0.25, -0.2) is 9.59 Å². The number of hydrogen-bond donors (Lipinski definition) is 4. The number of nitrogens with two attached hydrogens (primary N) is 1. The molecule has 5 N–H and O–H groups in total. The van der Waals surface area contributed by atoms with E-state index >= 15 is 0 Å². The number of benzene rings is 2. The highest BCUT2D eigenvalue weighted by molar-refractivity contribution is 9.10. The van der Waals surface area contributed by atoms with E-state index in [1.165, 1.54) is 14.2 Å². The Kier molecular flexibility index (Phi) is 12.8. The molecule has 12 nitrogen and oxygen atoms in total. The molecule has 0 aromatic heterocycles. The Balaban J connectivity index is 0.000000214. The monoisotopic (exact) mass is 716 g/mol. The molecule has 0 saturated heterocycles. The average Bonchev–Trinajstić information content (AvgIpc) is 3.64. The number of nitrogens with one attached hydrogen (secondary N) is 2. The molecule has 1 aliphatic heterocycles. The third-order valence-corrected chi connectivity index (χ3v) is 9.49. The van der Waals surface area contributed by atoms with E-state index < -0.39 is 11.7 Å². The lowest BCUT2D eigenvalue weighted by Crippen LogP contribution is -2.47. The molecular weight excluding hydrogens is 672 g/mol. The highest BCUT2D eigenvalue weighted by Gasteiger charge is 2.51. The molecule has 0 radical (unpaired) electrons. The van der Waals surface area contributed by atoms with Gasteiger partial charge >= 0.3 is 11.9 Å². The second-order valence-electron chi connectivity index (χ2n) is 11.9. The normalized spacial score (nSPS) is 24.1. The highest BCUT2D eigenvalue weighted by atomic mass is 79.9. The smallest absolute Gasteiger partial charge is 0.338 e. The fourth-order valence-electron chi connectivity index (χ4n) is 5.90. The topological polar surface area (TPSA) is 183 Å². The Morgan fingerprint density at radius 2 is 1.43 bits per heavy atom. The van der Waals surface area contributed by atoms with Gasteiger partial charge in [-0.1, -0.05) is 28.1 Å². The largest absolute Gasteiger partial charge is 0.465 e. The van der Waals surface area contributed by atoms with Crippen molar-refractivity contribution >= 4 is 45.3 Å². The van der Waals surface area contributed by atoms with E-state index in [4.69, 9.17) is 25.4 Å². The lowest BCUT2D eigenvalue weighted by atomic mass is 9.99. The molecule has 47 heavy (non-hydrogen) atoms. The van der Waals surface area contributed by atoms with E-state index in [0.717, 1.165) is 34.2 Å². The summed E-state index contributed by atoms with van der Waals surface area (Å²) in [5.41, 5.74) is 10.2. The second kappa shape index (κ2) is 16.0. The minimum absolute atomic E-state index is 0.00699. The summed E-state index contributed by atoms with van der Waals surface area (Å²) in [6, 6.07) is 6.90. The zero-order valence-electron chi connectivity index (χ0n) is 28.2. The standard InChI is InChI=1S/C17H22N2O4.C11H14N2O2.C6H9BrO2/c1-9-5-10(2)13(16(20)23-4)7-12(9)15-18-14-6-11(22-3)8-17(14,21)19-15;1-6-4-7(2)9(11(14)15-3)5-8(6)10(12)13;1-9-4-2-5(7)6(8)3-4/h5,7,11,14,21H,6,8H2,1-4H3,(H,18,19);4-5H,1-3H3,(H3,12,13);4-5H,2-3H2,1H3. The van der Waals surface area contributed by atoms with Crippen molar-refractivity contribution in [2.75, 3.05) is 28.4 Å². The molecule has 2 aliphatic carbocycles. The van der Waals surface area contributed by atoms with Crippen LogP contribution < -0.4 is 11.1 Å². The van der Waals surface area contributed by atoms with E-state index in [2.05, 4.69) is 31.0 Å². The molecule has 256 valence electrons. The summed E-state index contributed by atoms with van der Waals surface area (Å²) in [6.45, 7) is 7.51. The molecule has 2 saturated carbocycles. The van der Waals surface area contributed by atoms with Gasteiger partial charge in [0.05, 0.1) is 42.4 Å². The Morgan fingerprint density at radius 3 is 1.87 bits per heavy atom. The Hall–Kier alpha value is -3.65. The number of nitrogen functional groups attached to an aromatic ring is 1. The van der Waals surface area contributed by atoms with Crippen LogP contribution >= 0.6 is 15.9 Å². The van der Waals surface area contributed by atoms with Crippen LogP contribution in [0.4, 0.5) is 0 Å². The number of nitrogens with zero attached hydrogens (tertiary/aromatic N) is 1. The van der Waals surface area contributed by atoms with Crippen molar-refractivity contribution < 1.29 is 38.4 Å². The van der Waals surface area contributed by atoms with Crippen molar-refractivity contribution in [2.45, 2.75) is 82.2 Å². The number of ketones is 1. The number of carbonyl (C=O) groups excluding carboxylic acids is 3. The minimum Gasteiger partial charge on any atom is -0.465 e. The molecule has 5 atom stereocenters. The summed E-state index contributed by atoms with van der Waals surface area (Å²) in [4.78, 5) is 38.8. The van der Waals surface area contributed by atoms with Gasteiger partial charge < -0.3 is 35.1 Å². The molecular formula is C34H45BrN4O8. The van der Waals surface area contributed by atoms with Gasteiger partial charge in [-0.2, -0.15) is 0 Å². The highest BCUT2D eigenvalue weighted by Crippen LogP contribution is 2.37. The fourth-order valence-corrected chi connectivity index (χ4v) is 6.50. The molecule has 0 spiro atoms. The number of aryl methyl sites for hydroxylation is 4. The number of ether oxygens (including phenoxy) is 4. The molecule has 5 unspecified atom stereocenters. The van der Waals surface area contributed by atoms with Crippen LogP contribution in [0.5, 0.6) is 0 Å².